The summed E-state index contributed by atoms with van der Waals surface area (Å²) in [4.78, 5) is 20.6. The Kier molecular flexibility index (Phi) is 2.97. The smallest absolute Gasteiger partial charge is 0.335 e. The maximum absolute atomic E-state index is 10.9. The third-order valence-electron chi connectivity index (χ3n) is 1.77. The van der Waals surface area contributed by atoms with E-state index in [0.29, 0.717) is 6.07 Å². The highest BCUT2D eigenvalue weighted by Crippen LogP contribution is 2.17. The van der Waals surface area contributed by atoms with E-state index < -0.39 is 32.5 Å². The zero-order chi connectivity index (χ0) is 12.5. The van der Waals surface area contributed by atoms with E-state index >= 15 is 0 Å². The zero-order valence-corrected chi connectivity index (χ0v) is 8.56. The van der Waals surface area contributed by atoms with Crippen molar-refractivity contribution in [2.24, 2.45) is 5.73 Å². The number of aromatic carboxylic acids is 1. The van der Waals surface area contributed by atoms with E-state index in [2.05, 4.69) is 0 Å². The molecule has 1 aromatic carbocycles. The van der Waals surface area contributed by atoms with Crippen LogP contribution in [0.4, 0.5) is 0 Å². The number of nitrogens with two attached hydrogens (primary N) is 1. The van der Waals surface area contributed by atoms with Gasteiger partial charge in [-0.25, -0.2) is 4.79 Å². The van der Waals surface area contributed by atoms with Crippen molar-refractivity contribution in [3.8, 4) is 0 Å². The van der Waals surface area contributed by atoms with Crippen LogP contribution in [-0.4, -0.2) is 30.0 Å². The Morgan fingerprint density at radius 2 is 1.81 bits per heavy atom. The third-order valence-corrected chi connectivity index (χ3v) is 2.67. The molecule has 0 aliphatic rings. The minimum absolute atomic E-state index is 0.377. The maximum Gasteiger partial charge on any atom is 0.335 e. The van der Waals surface area contributed by atoms with Gasteiger partial charge < -0.3 is 10.8 Å². The summed E-state index contributed by atoms with van der Waals surface area (Å²) in [5, 5.41) is 8.61. The summed E-state index contributed by atoms with van der Waals surface area (Å²) in [5.41, 5.74) is 4.03. The van der Waals surface area contributed by atoms with Gasteiger partial charge >= 0.3 is 5.97 Å². The highest BCUT2D eigenvalue weighted by molar-refractivity contribution is 7.86. The molecule has 0 atom stereocenters. The molecule has 16 heavy (non-hydrogen) atoms. The lowest BCUT2D eigenvalue weighted by Crippen LogP contribution is -2.16. The number of carboxylic acids is 1. The predicted molar refractivity (Wildman–Crippen MR) is 51.7 cm³/mol. The van der Waals surface area contributed by atoms with Crippen molar-refractivity contribution < 1.29 is 27.7 Å². The largest absolute Gasteiger partial charge is 0.478 e. The lowest BCUT2D eigenvalue weighted by Gasteiger charge is -2.04. The van der Waals surface area contributed by atoms with Gasteiger partial charge in [0.25, 0.3) is 10.1 Å². The number of amides is 1. The van der Waals surface area contributed by atoms with Crippen molar-refractivity contribution in [1.82, 2.24) is 0 Å². The van der Waals surface area contributed by atoms with E-state index in [0.717, 1.165) is 12.1 Å². The summed E-state index contributed by atoms with van der Waals surface area (Å²) in [7, 11) is -4.70. The Hall–Kier alpha value is -1.93. The Labute approximate surface area is 90.2 Å². The van der Waals surface area contributed by atoms with Crippen LogP contribution in [0.1, 0.15) is 20.7 Å². The topological polar surface area (TPSA) is 135 Å². The van der Waals surface area contributed by atoms with Crippen LogP contribution in [0.25, 0.3) is 0 Å². The van der Waals surface area contributed by atoms with Crippen LogP contribution in [0.5, 0.6) is 0 Å². The van der Waals surface area contributed by atoms with Gasteiger partial charge in [-0.15, -0.1) is 0 Å². The average Bonchev–Trinajstić information content (AvgIpc) is 2.15. The number of benzene rings is 1. The normalized spacial score (nSPS) is 11.1. The molecular formula is C8H7NO6S. The SMILES string of the molecule is NC(=O)c1ccc(C(=O)O)cc1S(=O)(=O)O. The quantitative estimate of drug-likeness (QED) is 0.627. The number of rotatable bonds is 3. The summed E-state index contributed by atoms with van der Waals surface area (Å²) in [6.07, 6.45) is 0. The molecule has 0 radical (unpaired) electrons. The lowest BCUT2D eigenvalue weighted by atomic mass is 10.1. The maximum atomic E-state index is 10.9. The van der Waals surface area contributed by atoms with Crippen LogP contribution in [0.3, 0.4) is 0 Å². The molecule has 7 nitrogen and oxygen atoms in total. The first-order chi connectivity index (χ1) is 7.23. The molecule has 86 valence electrons. The monoisotopic (exact) mass is 245 g/mol. The molecular weight excluding hydrogens is 238 g/mol. The number of carboxylic acid groups (broad SMARTS) is 1. The van der Waals surface area contributed by atoms with Crippen molar-refractivity contribution in [2.75, 3.05) is 0 Å². The van der Waals surface area contributed by atoms with E-state index in [4.69, 9.17) is 15.4 Å². The summed E-state index contributed by atoms with van der Waals surface area (Å²) < 4.78 is 30.6. The van der Waals surface area contributed by atoms with Crippen molar-refractivity contribution in [1.29, 1.82) is 0 Å². The second-order valence-corrected chi connectivity index (χ2v) is 4.25. The van der Waals surface area contributed by atoms with Gasteiger partial charge in [-0.05, 0) is 18.2 Å². The molecule has 0 saturated heterocycles. The van der Waals surface area contributed by atoms with Gasteiger partial charge in [-0.2, -0.15) is 8.42 Å². The third kappa shape index (κ3) is 2.35. The highest BCUT2D eigenvalue weighted by atomic mass is 32.2. The summed E-state index contributed by atoms with van der Waals surface area (Å²) in [6, 6.07) is 2.60. The molecule has 8 heteroatoms. The van der Waals surface area contributed by atoms with Gasteiger partial charge in [-0.3, -0.25) is 9.35 Å². The number of hydrogen-bond donors (Lipinski definition) is 3. The average molecular weight is 245 g/mol. The highest BCUT2D eigenvalue weighted by Gasteiger charge is 2.20. The molecule has 0 aliphatic carbocycles. The Bertz CT molecular complexity index is 562. The fraction of sp³-hybridized carbons (Fsp3) is 0. The molecule has 0 bridgehead atoms. The standard InChI is InChI=1S/C8H7NO6S/c9-7(10)5-2-1-4(8(11)12)3-6(5)16(13,14)15/h1-3H,(H2,9,10)(H,11,12)(H,13,14,15). The van der Waals surface area contributed by atoms with Crippen LogP contribution in [0, 0.1) is 0 Å². The number of hydrogen-bond acceptors (Lipinski definition) is 4. The van der Waals surface area contributed by atoms with Crippen molar-refractivity contribution in [2.45, 2.75) is 4.90 Å². The van der Waals surface area contributed by atoms with Gasteiger partial charge in [0.15, 0.2) is 0 Å². The molecule has 0 aliphatic heterocycles. The number of carbonyl (C=O) groups excluding carboxylic acids is 1. The summed E-state index contributed by atoms with van der Waals surface area (Å²) >= 11 is 0. The van der Waals surface area contributed by atoms with Crippen molar-refractivity contribution >= 4 is 22.0 Å². The van der Waals surface area contributed by atoms with Crippen LogP contribution < -0.4 is 5.73 Å². The molecule has 0 fully saturated rings. The Balaban J connectivity index is 3.58. The van der Waals surface area contributed by atoms with Gasteiger partial charge in [-0.1, -0.05) is 0 Å². The van der Waals surface area contributed by atoms with Gasteiger partial charge in [0.05, 0.1) is 11.1 Å². The van der Waals surface area contributed by atoms with E-state index in [9.17, 15) is 18.0 Å². The zero-order valence-electron chi connectivity index (χ0n) is 7.75. The predicted octanol–water partition coefficient (Wildman–Crippen LogP) is -0.270. The molecule has 0 heterocycles. The van der Waals surface area contributed by atoms with Crippen LogP contribution in [-0.2, 0) is 10.1 Å². The number of primary amides is 1. The molecule has 0 spiro atoms. The van der Waals surface area contributed by atoms with Crippen molar-refractivity contribution in [3.63, 3.8) is 0 Å². The van der Waals surface area contributed by atoms with E-state index in [1.165, 1.54) is 0 Å². The number of carbonyl (C=O) groups is 2. The first-order valence-electron chi connectivity index (χ1n) is 3.88. The second-order valence-electron chi connectivity index (χ2n) is 2.86. The molecule has 0 aromatic heterocycles. The van der Waals surface area contributed by atoms with E-state index in [1.54, 1.807) is 0 Å². The second kappa shape index (κ2) is 3.91. The summed E-state index contributed by atoms with van der Waals surface area (Å²) in [5.74, 6) is -2.47. The van der Waals surface area contributed by atoms with Crippen molar-refractivity contribution in [3.05, 3.63) is 29.3 Å². The van der Waals surface area contributed by atoms with Gasteiger partial charge in [0.2, 0.25) is 5.91 Å². The Morgan fingerprint density at radius 1 is 1.25 bits per heavy atom. The van der Waals surface area contributed by atoms with Crippen LogP contribution in [0.2, 0.25) is 0 Å². The Morgan fingerprint density at radius 3 is 2.19 bits per heavy atom. The molecule has 1 aromatic rings. The van der Waals surface area contributed by atoms with Crippen LogP contribution in [0.15, 0.2) is 23.1 Å². The van der Waals surface area contributed by atoms with E-state index in [1.807, 2.05) is 0 Å². The molecule has 0 unspecified atom stereocenters. The summed E-state index contributed by atoms with van der Waals surface area (Å²) in [6.45, 7) is 0. The molecule has 4 N–H and O–H groups in total. The first-order valence-corrected chi connectivity index (χ1v) is 5.32. The first kappa shape index (κ1) is 12.1. The fourth-order valence-electron chi connectivity index (χ4n) is 1.07. The van der Waals surface area contributed by atoms with E-state index in [-0.39, 0.29) is 5.56 Å². The lowest BCUT2D eigenvalue weighted by molar-refractivity contribution is 0.0696. The molecule has 0 saturated carbocycles. The minimum Gasteiger partial charge on any atom is -0.478 e. The minimum atomic E-state index is -4.70. The van der Waals surface area contributed by atoms with Crippen LogP contribution >= 0.6 is 0 Å². The molecule has 1 amide bonds. The van der Waals surface area contributed by atoms with Gasteiger partial charge in [0, 0.05) is 0 Å². The van der Waals surface area contributed by atoms with Gasteiger partial charge in [0.1, 0.15) is 4.90 Å². The molecule has 1 rings (SSSR count). The fourth-order valence-corrected chi connectivity index (χ4v) is 1.79.